The van der Waals surface area contributed by atoms with Crippen LogP contribution < -0.4 is 0 Å². The Morgan fingerprint density at radius 1 is 1.08 bits per heavy atom. The Kier molecular flexibility index (Phi) is 6.05. The topological polar surface area (TPSA) is 73.8 Å². The maximum Gasteiger partial charge on any atom is 0.432 e. The van der Waals surface area contributed by atoms with E-state index in [2.05, 4.69) is 15.0 Å². The molecule has 0 aliphatic carbocycles. The van der Waals surface area contributed by atoms with Crippen molar-refractivity contribution in [3.8, 4) is 11.5 Å². The maximum absolute atomic E-state index is 14.6. The number of hydrogen-bond donors (Lipinski definition) is 0. The van der Waals surface area contributed by atoms with Crippen molar-refractivity contribution in [2.24, 2.45) is 0 Å². The number of carbonyl (C=O) groups is 1. The molecule has 0 N–H and O–H groups in total. The van der Waals surface area contributed by atoms with Crippen molar-refractivity contribution < 1.29 is 22.4 Å². The van der Waals surface area contributed by atoms with Crippen LogP contribution in [0.4, 0.5) is 13.2 Å². The van der Waals surface area contributed by atoms with E-state index in [9.17, 15) is 18.0 Å². The number of rotatable bonds is 5. The van der Waals surface area contributed by atoms with Crippen LogP contribution in [0.3, 0.4) is 0 Å². The third-order valence-corrected chi connectivity index (χ3v) is 6.18. The van der Waals surface area contributed by atoms with Gasteiger partial charge in [0.1, 0.15) is 17.7 Å². The second kappa shape index (κ2) is 9.07. The quantitative estimate of drug-likeness (QED) is 0.229. The molecule has 6 nitrogen and oxygen atoms in total. The molecular formula is C25H15Cl2F3N4O2. The van der Waals surface area contributed by atoms with Crippen LogP contribution in [-0.2, 0) is 12.7 Å². The van der Waals surface area contributed by atoms with Crippen molar-refractivity contribution in [2.45, 2.75) is 19.6 Å². The number of benzene rings is 2. The normalized spacial score (nSPS) is 11.8. The number of hydrogen-bond acceptors (Lipinski definition) is 5. The summed E-state index contributed by atoms with van der Waals surface area (Å²) in [6.07, 6.45) is -0.897. The summed E-state index contributed by atoms with van der Waals surface area (Å²) < 4.78 is 50.3. The minimum atomic E-state index is -4.88. The molecule has 0 saturated carbocycles. The molecule has 2 aromatic carbocycles. The Balaban J connectivity index is 1.71. The molecule has 0 spiro atoms. The average molecular weight is 531 g/mol. The Morgan fingerprint density at radius 2 is 1.89 bits per heavy atom. The van der Waals surface area contributed by atoms with Gasteiger partial charge in [-0.15, -0.1) is 0 Å². The van der Waals surface area contributed by atoms with Crippen molar-refractivity contribution >= 4 is 39.9 Å². The lowest BCUT2D eigenvalue weighted by molar-refractivity contribution is -0.143. The van der Waals surface area contributed by atoms with Gasteiger partial charge in [0.05, 0.1) is 11.8 Å². The number of alkyl halides is 3. The lowest BCUT2D eigenvalue weighted by Gasteiger charge is -2.15. The Hall–Kier alpha value is -3.69. The first-order valence-corrected chi connectivity index (χ1v) is 11.3. The zero-order valence-corrected chi connectivity index (χ0v) is 20.0. The highest BCUT2D eigenvalue weighted by Gasteiger charge is 2.42. The summed E-state index contributed by atoms with van der Waals surface area (Å²) in [5, 5.41) is 0.686. The fourth-order valence-electron chi connectivity index (χ4n) is 4.02. The Morgan fingerprint density at radius 3 is 2.58 bits per heavy atom. The first kappa shape index (κ1) is 24.0. The van der Waals surface area contributed by atoms with Crippen LogP contribution in [-0.4, -0.2) is 25.3 Å². The summed E-state index contributed by atoms with van der Waals surface area (Å²) >= 11 is 12.2. The number of ketones is 1. The standard InChI is InChI=1S/C25H15Cl2F3N4O2/c1-13-2-5-19-16(8-13)21(22(35)24-32-10-20(36-24)18-6-7-31-12-33-18)23(25(28,29)30)34(19)11-14-3-4-15(26)9-17(14)27/h2-10,12H,11H2,1H3. The summed E-state index contributed by atoms with van der Waals surface area (Å²) in [4.78, 5) is 25.3. The van der Waals surface area contributed by atoms with Gasteiger partial charge in [-0.1, -0.05) is 40.9 Å². The van der Waals surface area contributed by atoms with Crippen LogP contribution in [0.5, 0.6) is 0 Å². The van der Waals surface area contributed by atoms with Gasteiger partial charge in [-0.25, -0.2) is 15.0 Å². The highest BCUT2D eigenvalue weighted by molar-refractivity contribution is 6.35. The summed E-state index contributed by atoms with van der Waals surface area (Å²) in [7, 11) is 0. The zero-order valence-electron chi connectivity index (χ0n) is 18.5. The van der Waals surface area contributed by atoms with E-state index in [1.54, 1.807) is 31.2 Å². The molecule has 5 rings (SSSR count). The van der Waals surface area contributed by atoms with E-state index in [-0.39, 0.29) is 28.2 Å². The van der Waals surface area contributed by atoms with Crippen molar-refractivity contribution in [3.63, 3.8) is 0 Å². The molecule has 3 heterocycles. The minimum Gasteiger partial charge on any atom is -0.432 e. The second-order valence-electron chi connectivity index (χ2n) is 8.02. The van der Waals surface area contributed by atoms with Gasteiger partial charge in [0.2, 0.25) is 0 Å². The van der Waals surface area contributed by atoms with E-state index in [1.807, 2.05) is 0 Å². The summed E-state index contributed by atoms with van der Waals surface area (Å²) in [6, 6.07) is 10.8. The van der Waals surface area contributed by atoms with Gasteiger partial charge in [0.25, 0.3) is 11.7 Å². The van der Waals surface area contributed by atoms with Crippen LogP contribution in [0.2, 0.25) is 10.0 Å². The molecule has 5 aromatic rings. The lowest BCUT2D eigenvalue weighted by atomic mass is 10.0. The van der Waals surface area contributed by atoms with E-state index >= 15 is 0 Å². The fraction of sp³-hybridized carbons (Fsp3) is 0.120. The molecule has 0 saturated heterocycles. The summed E-state index contributed by atoms with van der Waals surface area (Å²) in [5.74, 6) is -1.36. The van der Waals surface area contributed by atoms with Gasteiger partial charge in [0, 0.05) is 33.7 Å². The third-order valence-electron chi connectivity index (χ3n) is 5.59. The molecule has 0 radical (unpaired) electrons. The highest BCUT2D eigenvalue weighted by Crippen LogP contribution is 2.40. The van der Waals surface area contributed by atoms with Crippen LogP contribution >= 0.6 is 23.2 Å². The van der Waals surface area contributed by atoms with E-state index in [0.29, 0.717) is 21.8 Å². The predicted octanol–water partition coefficient (Wildman–Crippen LogP) is 7.00. The van der Waals surface area contributed by atoms with Gasteiger partial charge >= 0.3 is 6.18 Å². The number of aromatic nitrogens is 4. The molecule has 0 aliphatic rings. The van der Waals surface area contributed by atoms with Gasteiger partial charge in [0.15, 0.2) is 5.76 Å². The number of oxazole rings is 1. The number of nitrogens with zero attached hydrogens (tertiary/aromatic N) is 4. The molecule has 0 bridgehead atoms. The minimum absolute atomic E-state index is 0.124. The first-order chi connectivity index (χ1) is 17.1. The summed E-state index contributed by atoms with van der Waals surface area (Å²) in [6.45, 7) is 1.49. The molecule has 182 valence electrons. The highest BCUT2D eigenvalue weighted by atomic mass is 35.5. The number of halogens is 5. The van der Waals surface area contributed by atoms with Crippen molar-refractivity contribution in [1.82, 2.24) is 19.5 Å². The zero-order chi connectivity index (χ0) is 25.6. The number of fused-ring (bicyclic) bond motifs is 1. The molecular weight excluding hydrogens is 516 g/mol. The van der Waals surface area contributed by atoms with E-state index in [0.717, 1.165) is 4.57 Å². The van der Waals surface area contributed by atoms with Crippen LogP contribution in [0.15, 0.2) is 65.6 Å². The predicted molar refractivity (Wildman–Crippen MR) is 128 cm³/mol. The molecule has 0 unspecified atom stereocenters. The SMILES string of the molecule is Cc1ccc2c(c1)c(C(=O)c1ncc(-c3ccncn3)o1)c(C(F)(F)F)n2Cc1ccc(Cl)cc1Cl. The largest absolute Gasteiger partial charge is 0.432 e. The number of aryl methyl sites for hydroxylation is 1. The van der Waals surface area contributed by atoms with Gasteiger partial charge in [-0.05, 0) is 42.8 Å². The van der Waals surface area contributed by atoms with Crippen molar-refractivity contribution in [2.75, 3.05) is 0 Å². The van der Waals surface area contributed by atoms with Gasteiger partial charge < -0.3 is 8.98 Å². The molecule has 36 heavy (non-hydrogen) atoms. The van der Waals surface area contributed by atoms with E-state index in [1.165, 1.54) is 36.9 Å². The van der Waals surface area contributed by atoms with Gasteiger partial charge in [-0.3, -0.25) is 4.79 Å². The molecule has 0 fully saturated rings. The van der Waals surface area contributed by atoms with Gasteiger partial charge in [-0.2, -0.15) is 13.2 Å². The fourth-order valence-corrected chi connectivity index (χ4v) is 4.49. The van der Waals surface area contributed by atoms with Crippen molar-refractivity contribution in [3.05, 3.63) is 99.5 Å². The number of carbonyl (C=O) groups excluding carboxylic acids is 1. The van der Waals surface area contributed by atoms with E-state index in [4.69, 9.17) is 27.6 Å². The summed E-state index contributed by atoms with van der Waals surface area (Å²) in [5.41, 5.74) is -0.0392. The van der Waals surface area contributed by atoms with Crippen LogP contribution in [0, 0.1) is 6.92 Å². The maximum atomic E-state index is 14.6. The monoisotopic (exact) mass is 530 g/mol. The Bertz CT molecular complexity index is 1610. The van der Waals surface area contributed by atoms with Crippen LogP contribution in [0.1, 0.15) is 33.1 Å². The average Bonchev–Trinajstić information content (AvgIpc) is 3.44. The third kappa shape index (κ3) is 4.36. The van der Waals surface area contributed by atoms with Crippen molar-refractivity contribution in [1.29, 1.82) is 0 Å². The second-order valence-corrected chi connectivity index (χ2v) is 8.86. The van der Waals surface area contributed by atoms with Crippen LogP contribution in [0.25, 0.3) is 22.4 Å². The molecule has 11 heteroatoms. The first-order valence-electron chi connectivity index (χ1n) is 10.5. The Labute approximate surface area is 212 Å². The smallest absolute Gasteiger partial charge is 0.432 e. The molecule has 3 aromatic heterocycles. The molecule has 0 atom stereocenters. The molecule has 0 aliphatic heterocycles. The lowest BCUT2D eigenvalue weighted by Crippen LogP contribution is -2.19. The van der Waals surface area contributed by atoms with E-state index < -0.39 is 29.1 Å². The molecule has 0 amide bonds.